The van der Waals surface area contributed by atoms with E-state index in [1.54, 1.807) is 0 Å². The normalized spacial score (nSPS) is 19.6. The van der Waals surface area contributed by atoms with Crippen LogP contribution in [-0.4, -0.2) is 25.6 Å². The number of rotatable bonds is 3. The molecule has 21 heavy (non-hydrogen) atoms. The van der Waals surface area contributed by atoms with Crippen LogP contribution in [0.25, 0.3) is 0 Å². The molecule has 1 saturated carbocycles. The van der Waals surface area contributed by atoms with Gasteiger partial charge in [0, 0.05) is 35.1 Å². The predicted octanol–water partition coefficient (Wildman–Crippen LogP) is 3.97. The fourth-order valence-corrected chi connectivity index (χ4v) is 3.83. The lowest BCUT2D eigenvalue weighted by Crippen LogP contribution is -2.50. The molecule has 3 rings (SSSR count). The zero-order valence-corrected chi connectivity index (χ0v) is 15.6. The van der Waals surface area contributed by atoms with E-state index in [-0.39, 0.29) is 29.4 Å². The number of nitrogens with one attached hydrogen (secondary N) is 2. The Morgan fingerprint density at radius 3 is 2.43 bits per heavy atom. The lowest BCUT2D eigenvalue weighted by atomic mass is 9.64. The summed E-state index contributed by atoms with van der Waals surface area (Å²) in [5.41, 5.74) is 1.15. The van der Waals surface area contributed by atoms with Crippen molar-refractivity contribution in [3.63, 3.8) is 0 Å². The number of hydrogen-bond acceptors (Lipinski definition) is 3. The third kappa shape index (κ3) is 3.59. The number of hydrogen-bond donors (Lipinski definition) is 2. The molecule has 2 aliphatic rings. The third-order valence-corrected chi connectivity index (χ3v) is 4.93. The van der Waals surface area contributed by atoms with E-state index in [0.717, 1.165) is 60.5 Å². The summed E-state index contributed by atoms with van der Waals surface area (Å²) in [4.78, 5) is 4.46. The Hall–Kier alpha value is -0.200. The first-order valence-electron chi connectivity index (χ1n) is 7.18. The van der Waals surface area contributed by atoms with Crippen molar-refractivity contribution in [1.82, 2.24) is 10.6 Å². The number of benzene rings is 1. The standard InChI is InChI=1S/C15H19Cl2N3.HI/c16-11-4-1-5-12(17)13(11)15(6-2-7-15)10-20-14-18-8-3-9-19-14;/h1,4-5H,2-3,6-10H2,(H2,18,19,20);1H. The van der Waals surface area contributed by atoms with Gasteiger partial charge in [-0.3, -0.25) is 4.99 Å². The average Bonchev–Trinajstić information content (AvgIpc) is 2.41. The van der Waals surface area contributed by atoms with Gasteiger partial charge in [0.1, 0.15) is 0 Å². The van der Waals surface area contributed by atoms with Crippen molar-refractivity contribution in [1.29, 1.82) is 0 Å². The molecule has 116 valence electrons. The molecule has 1 heterocycles. The Morgan fingerprint density at radius 1 is 1.19 bits per heavy atom. The van der Waals surface area contributed by atoms with E-state index < -0.39 is 0 Å². The Labute approximate surface area is 152 Å². The molecule has 2 N–H and O–H groups in total. The molecule has 1 fully saturated rings. The van der Waals surface area contributed by atoms with Gasteiger partial charge in [-0.25, -0.2) is 0 Å². The quantitative estimate of drug-likeness (QED) is 0.699. The minimum Gasteiger partial charge on any atom is -0.356 e. The van der Waals surface area contributed by atoms with E-state index in [4.69, 9.17) is 23.2 Å². The molecule has 0 amide bonds. The van der Waals surface area contributed by atoms with Crippen LogP contribution < -0.4 is 10.6 Å². The van der Waals surface area contributed by atoms with Gasteiger partial charge >= 0.3 is 0 Å². The monoisotopic (exact) mass is 439 g/mol. The molecule has 0 aromatic heterocycles. The summed E-state index contributed by atoms with van der Waals surface area (Å²) in [6, 6.07) is 5.76. The minimum absolute atomic E-state index is 0. The molecule has 1 aliphatic carbocycles. The van der Waals surface area contributed by atoms with Gasteiger partial charge in [-0.2, -0.15) is 0 Å². The minimum atomic E-state index is 0. The molecule has 1 aromatic carbocycles. The second-order valence-corrected chi connectivity index (χ2v) is 6.41. The first-order valence-corrected chi connectivity index (χ1v) is 7.94. The summed E-state index contributed by atoms with van der Waals surface area (Å²) in [6.45, 7) is 2.73. The average molecular weight is 440 g/mol. The number of aliphatic imine (C=N–C) groups is 1. The Balaban J connectivity index is 0.00000161. The maximum atomic E-state index is 6.39. The molecule has 0 radical (unpaired) electrons. The maximum Gasteiger partial charge on any atom is 0.191 e. The summed E-state index contributed by atoms with van der Waals surface area (Å²) in [5, 5.41) is 8.28. The Kier molecular flexibility index (Phi) is 6.03. The van der Waals surface area contributed by atoms with Crippen LogP contribution in [0.2, 0.25) is 10.0 Å². The van der Waals surface area contributed by atoms with Gasteiger partial charge in [-0.15, -0.1) is 24.0 Å². The molecule has 0 spiro atoms. The smallest absolute Gasteiger partial charge is 0.191 e. The molecule has 0 atom stereocenters. The van der Waals surface area contributed by atoms with Gasteiger partial charge in [0.2, 0.25) is 0 Å². The van der Waals surface area contributed by atoms with Gasteiger partial charge in [0.15, 0.2) is 5.96 Å². The number of nitrogens with zero attached hydrogens (tertiary/aromatic N) is 1. The first-order chi connectivity index (χ1) is 9.71. The fraction of sp³-hybridized carbons (Fsp3) is 0.533. The van der Waals surface area contributed by atoms with Gasteiger partial charge in [-0.1, -0.05) is 35.7 Å². The van der Waals surface area contributed by atoms with E-state index in [1.807, 2.05) is 18.2 Å². The summed E-state index contributed by atoms with van der Waals surface area (Å²) >= 11 is 12.8. The molecule has 6 heteroatoms. The van der Waals surface area contributed by atoms with Gasteiger partial charge in [-0.05, 0) is 37.0 Å². The molecule has 0 unspecified atom stereocenters. The molecule has 3 nitrogen and oxygen atoms in total. The predicted molar refractivity (Wildman–Crippen MR) is 100 cm³/mol. The van der Waals surface area contributed by atoms with Crippen molar-refractivity contribution in [3.8, 4) is 0 Å². The second-order valence-electron chi connectivity index (χ2n) is 5.59. The number of guanidine groups is 1. The lowest BCUT2D eigenvalue weighted by molar-refractivity contribution is 0.244. The van der Waals surface area contributed by atoms with Crippen molar-refractivity contribution >= 4 is 53.1 Å². The fourth-order valence-electron chi connectivity index (χ4n) is 3.03. The highest BCUT2D eigenvalue weighted by Crippen LogP contribution is 2.48. The van der Waals surface area contributed by atoms with E-state index >= 15 is 0 Å². The van der Waals surface area contributed by atoms with E-state index in [2.05, 4.69) is 15.6 Å². The molecular weight excluding hydrogens is 420 g/mol. The molecule has 1 aromatic rings. The summed E-state index contributed by atoms with van der Waals surface area (Å²) in [7, 11) is 0. The van der Waals surface area contributed by atoms with Crippen molar-refractivity contribution in [3.05, 3.63) is 33.8 Å². The van der Waals surface area contributed by atoms with Crippen molar-refractivity contribution < 1.29 is 0 Å². The van der Waals surface area contributed by atoms with Crippen LogP contribution in [0.3, 0.4) is 0 Å². The van der Waals surface area contributed by atoms with Crippen molar-refractivity contribution in [2.45, 2.75) is 31.1 Å². The molecule has 1 aliphatic heterocycles. The summed E-state index contributed by atoms with van der Waals surface area (Å²) in [6.07, 6.45) is 4.57. The maximum absolute atomic E-state index is 6.39. The Bertz CT molecular complexity index is 509. The van der Waals surface area contributed by atoms with Crippen LogP contribution in [0.4, 0.5) is 0 Å². The van der Waals surface area contributed by atoms with Crippen LogP contribution in [0.1, 0.15) is 31.2 Å². The van der Waals surface area contributed by atoms with Crippen LogP contribution >= 0.6 is 47.2 Å². The van der Waals surface area contributed by atoms with E-state index in [9.17, 15) is 0 Å². The van der Waals surface area contributed by atoms with Crippen molar-refractivity contribution in [2.75, 3.05) is 19.6 Å². The summed E-state index contributed by atoms with van der Waals surface area (Å²) < 4.78 is 0. The van der Waals surface area contributed by atoms with Crippen LogP contribution in [0, 0.1) is 0 Å². The van der Waals surface area contributed by atoms with Gasteiger partial charge < -0.3 is 10.6 Å². The van der Waals surface area contributed by atoms with E-state index in [1.165, 1.54) is 6.42 Å². The van der Waals surface area contributed by atoms with Crippen LogP contribution in [0.15, 0.2) is 23.2 Å². The first kappa shape index (κ1) is 17.2. The third-order valence-electron chi connectivity index (χ3n) is 4.30. The van der Waals surface area contributed by atoms with Crippen molar-refractivity contribution in [2.24, 2.45) is 4.99 Å². The highest BCUT2D eigenvalue weighted by Gasteiger charge is 2.41. The lowest BCUT2D eigenvalue weighted by Gasteiger charge is -2.44. The SMILES string of the molecule is Clc1cccc(Cl)c1C1(CNC2=NCCCN2)CCC1.I. The summed E-state index contributed by atoms with van der Waals surface area (Å²) in [5.74, 6) is 0.908. The van der Waals surface area contributed by atoms with Gasteiger partial charge in [0.05, 0.1) is 0 Å². The van der Waals surface area contributed by atoms with E-state index in [0.29, 0.717) is 0 Å². The van der Waals surface area contributed by atoms with Crippen LogP contribution in [-0.2, 0) is 5.41 Å². The Morgan fingerprint density at radius 2 is 1.90 bits per heavy atom. The van der Waals surface area contributed by atoms with Crippen LogP contribution in [0.5, 0.6) is 0 Å². The molecular formula is C15H20Cl2IN3. The highest BCUT2D eigenvalue weighted by molar-refractivity contribution is 14.0. The highest BCUT2D eigenvalue weighted by atomic mass is 127. The molecule has 0 bridgehead atoms. The topological polar surface area (TPSA) is 36.4 Å². The largest absolute Gasteiger partial charge is 0.356 e. The number of halogens is 3. The zero-order chi connectivity index (χ0) is 14.0. The second kappa shape index (κ2) is 7.38. The van der Waals surface area contributed by atoms with Gasteiger partial charge in [0.25, 0.3) is 0 Å². The molecule has 0 saturated heterocycles. The zero-order valence-electron chi connectivity index (χ0n) is 11.8.